The smallest absolute Gasteiger partial charge is 0.288 e. The lowest BCUT2D eigenvalue weighted by Gasteiger charge is -2.24. The highest BCUT2D eigenvalue weighted by molar-refractivity contribution is 5.92. The molecule has 100 valence electrons. The Labute approximate surface area is 113 Å². The van der Waals surface area contributed by atoms with E-state index in [1.807, 2.05) is 45.2 Å². The van der Waals surface area contributed by atoms with E-state index in [0.717, 1.165) is 6.42 Å². The van der Waals surface area contributed by atoms with Crippen molar-refractivity contribution >= 4 is 5.91 Å². The minimum Gasteiger partial charge on any atom is -0.476 e. The van der Waals surface area contributed by atoms with Crippen LogP contribution in [-0.4, -0.2) is 23.9 Å². The molecule has 0 saturated heterocycles. The van der Waals surface area contributed by atoms with Gasteiger partial charge in [-0.3, -0.25) is 4.79 Å². The molecule has 1 aliphatic heterocycles. The van der Waals surface area contributed by atoms with Crippen LogP contribution in [-0.2, 0) is 15.1 Å². The third-order valence-corrected chi connectivity index (χ3v) is 4.17. The van der Waals surface area contributed by atoms with Gasteiger partial charge in [-0.05, 0) is 25.5 Å². The van der Waals surface area contributed by atoms with Crippen LogP contribution in [0.3, 0.4) is 0 Å². The Morgan fingerprint density at radius 2 is 2.05 bits per heavy atom. The Balaban J connectivity index is 1.78. The Bertz CT molecular complexity index is 535. The molecule has 2 unspecified atom stereocenters. The zero-order chi connectivity index (χ0) is 13.6. The standard InChI is InChI=1S/C16H19NO2/c1-11(2)17(3)15(18)14-9-13-10-16(13,19-14)12-7-5-4-6-8-12/h4-9,11,13H,10H2,1-3H3. The molecule has 1 aromatic rings. The van der Waals surface area contributed by atoms with Gasteiger partial charge in [0.05, 0.1) is 0 Å². The van der Waals surface area contributed by atoms with Gasteiger partial charge in [-0.1, -0.05) is 30.3 Å². The summed E-state index contributed by atoms with van der Waals surface area (Å²) < 4.78 is 6.01. The van der Waals surface area contributed by atoms with E-state index in [0.29, 0.717) is 11.7 Å². The number of carbonyl (C=O) groups is 1. The second-order valence-electron chi connectivity index (χ2n) is 5.71. The number of ether oxygens (including phenoxy) is 1. The lowest BCUT2D eigenvalue weighted by atomic mass is 10.1. The van der Waals surface area contributed by atoms with Gasteiger partial charge < -0.3 is 9.64 Å². The molecule has 1 amide bonds. The fraction of sp³-hybridized carbons (Fsp3) is 0.438. The molecule has 1 aliphatic carbocycles. The highest BCUT2D eigenvalue weighted by Crippen LogP contribution is 2.61. The van der Waals surface area contributed by atoms with Crippen molar-refractivity contribution in [1.82, 2.24) is 4.90 Å². The van der Waals surface area contributed by atoms with E-state index in [1.165, 1.54) is 5.56 Å². The monoisotopic (exact) mass is 257 g/mol. The van der Waals surface area contributed by atoms with Gasteiger partial charge in [-0.25, -0.2) is 0 Å². The highest BCUT2D eigenvalue weighted by atomic mass is 16.5. The quantitative estimate of drug-likeness (QED) is 0.833. The lowest BCUT2D eigenvalue weighted by molar-refractivity contribution is -0.132. The SMILES string of the molecule is CC(C)N(C)C(=O)C1=CC2CC2(c2ccccc2)O1. The van der Waals surface area contributed by atoms with Gasteiger partial charge in [0, 0.05) is 25.4 Å². The van der Waals surface area contributed by atoms with Crippen molar-refractivity contribution in [2.24, 2.45) is 5.92 Å². The van der Waals surface area contributed by atoms with Crippen LogP contribution >= 0.6 is 0 Å². The first-order valence-corrected chi connectivity index (χ1v) is 6.78. The first-order valence-electron chi connectivity index (χ1n) is 6.78. The van der Waals surface area contributed by atoms with E-state index in [2.05, 4.69) is 12.1 Å². The van der Waals surface area contributed by atoms with Crippen LogP contribution < -0.4 is 0 Å². The van der Waals surface area contributed by atoms with Crippen LogP contribution in [0.4, 0.5) is 0 Å². The van der Waals surface area contributed by atoms with E-state index in [1.54, 1.807) is 4.90 Å². The summed E-state index contributed by atoms with van der Waals surface area (Å²) in [7, 11) is 1.82. The van der Waals surface area contributed by atoms with Crippen molar-refractivity contribution in [2.45, 2.75) is 31.9 Å². The average molecular weight is 257 g/mol. The van der Waals surface area contributed by atoms with E-state index in [-0.39, 0.29) is 17.6 Å². The fourth-order valence-corrected chi connectivity index (χ4v) is 2.63. The third kappa shape index (κ3) is 1.84. The highest BCUT2D eigenvalue weighted by Gasteiger charge is 2.62. The molecule has 1 fully saturated rings. The number of rotatable bonds is 3. The molecule has 0 spiro atoms. The van der Waals surface area contributed by atoms with Crippen molar-refractivity contribution in [2.75, 3.05) is 7.05 Å². The Morgan fingerprint density at radius 1 is 1.37 bits per heavy atom. The molecule has 2 aliphatic rings. The van der Waals surface area contributed by atoms with Crippen LogP contribution in [0.25, 0.3) is 0 Å². The number of hydrogen-bond donors (Lipinski definition) is 0. The topological polar surface area (TPSA) is 29.5 Å². The van der Waals surface area contributed by atoms with E-state index >= 15 is 0 Å². The summed E-state index contributed by atoms with van der Waals surface area (Å²) in [5.74, 6) is 0.850. The molecule has 0 N–H and O–H groups in total. The van der Waals surface area contributed by atoms with Crippen molar-refractivity contribution in [3.8, 4) is 0 Å². The Hall–Kier alpha value is -1.77. The number of benzene rings is 1. The Morgan fingerprint density at radius 3 is 2.68 bits per heavy atom. The van der Waals surface area contributed by atoms with Gasteiger partial charge in [0.25, 0.3) is 5.91 Å². The third-order valence-electron chi connectivity index (χ3n) is 4.17. The van der Waals surface area contributed by atoms with Gasteiger partial charge >= 0.3 is 0 Å². The van der Waals surface area contributed by atoms with Crippen LogP contribution in [0.1, 0.15) is 25.8 Å². The number of amides is 1. The lowest BCUT2D eigenvalue weighted by Crippen LogP contribution is -2.34. The molecule has 19 heavy (non-hydrogen) atoms. The van der Waals surface area contributed by atoms with Gasteiger partial charge in [-0.2, -0.15) is 0 Å². The van der Waals surface area contributed by atoms with E-state index in [9.17, 15) is 4.79 Å². The Kier molecular flexibility index (Phi) is 2.66. The van der Waals surface area contributed by atoms with Gasteiger partial charge in [-0.15, -0.1) is 0 Å². The maximum atomic E-state index is 12.3. The van der Waals surface area contributed by atoms with Crippen LogP contribution in [0.2, 0.25) is 0 Å². The number of hydrogen-bond acceptors (Lipinski definition) is 2. The van der Waals surface area contributed by atoms with Crippen molar-refractivity contribution in [3.63, 3.8) is 0 Å². The number of fused-ring (bicyclic) bond motifs is 1. The second kappa shape index (κ2) is 4.12. The molecule has 1 saturated carbocycles. The van der Waals surface area contributed by atoms with E-state index < -0.39 is 0 Å². The van der Waals surface area contributed by atoms with Crippen molar-refractivity contribution < 1.29 is 9.53 Å². The molecular weight excluding hydrogens is 238 g/mol. The summed E-state index contributed by atoms with van der Waals surface area (Å²) in [6.07, 6.45) is 2.98. The summed E-state index contributed by atoms with van der Waals surface area (Å²) in [5.41, 5.74) is 0.913. The van der Waals surface area contributed by atoms with Gasteiger partial charge in [0.15, 0.2) is 5.76 Å². The minimum absolute atomic E-state index is 0.0162. The number of nitrogens with zero attached hydrogens (tertiary/aromatic N) is 1. The molecule has 3 heteroatoms. The van der Waals surface area contributed by atoms with Gasteiger partial charge in [0.2, 0.25) is 0 Å². The van der Waals surface area contributed by atoms with E-state index in [4.69, 9.17) is 4.74 Å². The zero-order valence-electron chi connectivity index (χ0n) is 11.6. The second-order valence-corrected chi connectivity index (χ2v) is 5.71. The van der Waals surface area contributed by atoms with Crippen LogP contribution in [0, 0.1) is 5.92 Å². The molecule has 1 aromatic carbocycles. The zero-order valence-corrected chi connectivity index (χ0v) is 11.6. The largest absolute Gasteiger partial charge is 0.476 e. The maximum absolute atomic E-state index is 12.3. The van der Waals surface area contributed by atoms with Crippen LogP contribution in [0.15, 0.2) is 42.2 Å². The molecule has 1 heterocycles. The van der Waals surface area contributed by atoms with Crippen LogP contribution in [0.5, 0.6) is 0 Å². The summed E-state index contributed by atoms with van der Waals surface area (Å²) in [4.78, 5) is 14.0. The molecule has 2 atom stereocenters. The summed E-state index contributed by atoms with van der Waals surface area (Å²) in [5, 5.41) is 0. The predicted molar refractivity (Wildman–Crippen MR) is 73.3 cm³/mol. The summed E-state index contributed by atoms with van der Waals surface area (Å²) >= 11 is 0. The maximum Gasteiger partial charge on any atom is 0.288 e. The molecule has 0 aromatic heterocycles. The van der Waals surface area contributed by atoms with Gasteiger partial charge in [0.1, 0.15) is 5.60 Å². The minimum atomic E-state index is -0.260. The first-order chi connectivity index (χ1) is 9.04. The average Bonchev–Trinajstić information content (AvgIpc) is 3.00. The molecule has 3 nitrogen and oxygen atoms in total. The number of likely N-dealkylation sites (N-methyl/N-ethyl adjacent to an activating group) is 1. The van der Waals surface area contributed by atoms with Crippen molar-refractivity contribution in [1.29, 1.82) is 0 Å². The molecular formula is C16H19NO2. The van der Waals surface area contributed by atoms with Crippen molar-refractivity contribution in [3.05, 3.63) is 47.7 Å². The predicted octanol–water partition coefficient (Wildman–Crippen LogP) is 2.68. The normalized spacial score (nSPS) is 27.6. The fourth-order valence-electron chi connectivity index (χ4n) is 2.63. The number of carbonyl (C=O) groups excluding carboxylic acids is 1. The first kappa shape index (κ1) is 12.3. The summed E-state index contributed by atoms with van der Waals surface area (Å²) in [6, 6.07) is 10.4. The summed E-state index contributed by atoms with van der Waals surface area (Å²) in [6.45, 7) is 4.00. The molecule has 0 radical (unpaired) electrons. The molecule has 3 rings (SSSR count). The molecule has 0 bridgehead atoms.